The van der Waals surface area contributed by atoms with Crippen molar-refractivity contribution in [2.45, 2.75) is 48.2 Å². The Kier molecular flexibility index (Phi) is 4.65. The fraction of sp³-hybridized carbons (Fsp3) is 0.348. The predicted octanol–water partition coefficient (Wildman–Crippen LogP) is 4.63. The summed E-state index contributed by atoms with van der Waals surface area (Å²) in [7, 11) is 0. The molecule has 1 amide bonds. The van der Waals surface area contributed by atoms with E-state index in [0.29, 0.717) is 18.4 Å². The quantitative estimate of drug-likeness (QED) is 0.644. The summed E-state index contributed by atoms with van der Waals surface area (Å²) in [4.78, 5) is 14.5. The van der Waals surface area contributed by atoms with Crippen LogP contribution in [0.3, 0.4) is 0 Å². The number of para-hydroxylation sites is 1. The van der Waals surface area contributed by atoms with Crippen LogP contribution in [0.2, 0.25) is 0 Å². The molecule has 144 valence electrons. The number of fused-ring (bicyclic) bond motifs is 3. The van der Waals surface area contributed by atoms with E-state index in [1.54, 1.807) is 11.8 Å². The van der Waals surface area contributed by atoms with Crippen molar-refractivity contribution in [3.63, 3.8) is 0 Å². The van der Waals surface area contributed by atoms with Crippen molar-refractivity contribution in [1.29, 1.82) is 0 Å². The van der Waals surface area contributed by atoms with Gasteiger partial charge in [-0.2, -0.15) is 0 Å². The molecule has 5 rings (SSSR count). The van der Waals surface area contributed by atoms with Gasteiger partial charge in [0.15, 0.2) is 0 Å². The van der Waals surface area contributed by atoms with E-state index in [4.69, 9.17) is 5.73 Å². The van der Waals surface area contributed by atoms with Gasteiger partial charge >= 0.3 is 0 Å². The molecule has 28 heavy (non-hydrogen) atoms. The minimum absolute atomic E-state index is 0.371. The van der Waals surface area contributed by atoms with Crippen LogP contribution < -0.4 is 11.1 Å². The number of benzene rings is 2. The third kappa shape index (κ3) is 3.12. The van der Waals surface area contributed by atoms with Crippen LogP contribution in [0, 0.1) is 11.8 Å². The number of hydrogen-bond acceptors (Lipinski definition) is 3. The molecule has 2 aliphatic carbocycles. The first-order valence-electron chi connectivity index (χ1n) is 10.1. The van der Waals surface area contributed by atoms with Crippen molar-refractivity contribution in [1.82, 2.24) is 9.88 Å². The average Bonchev–Trinajstić information content (AvgIpc) is 3.41. The number of rotatable bonds is 6. The summed E-state index contributed by atoms with van der Waals surface area (Å²) in [5.41, 5.74) is 7.54. The van der Waals surface area contributed by atoms with E-state index in [0.717, 1.165) is 32.5 Å². The molecule has 0 aliphatic heterocycles. The van der Waals surface area contributed by atoms with Crippen LogP contribution in [-0.4, -0.2) is 16.5 Å². The van der Waals surface area contributed by atoms with Gasteiger partial charge in [-0.25, -0.2) is 0 Å². The number of nitrogens with two attached hydrogens (primary N) is 1. The van der Waals surface area contributed by atoms with Crippen LogP contribution in [-0.2, 0) is 6.67 Å². The summed E-state index contributed by atoms with van der Waals surface area (Å²) in [5, 5.41) is 4.82. The van der Waals surface area contributed by atoms with Gasteiger partial charge in [0.25, 0.3) is 5.91 Å². The van der Waals surface area contributed by atoms with Crippen molar-refractivity contribution in [2.75, 3.05) is 0 Å². The Labute approximate surface area is 169 Å². The number of carbonyl (C=O) groups excluding carboxylic acids is 1. The van der Waals surface area contributed by atoms with Crippen LogP contribution in [0.4, 0.5) is 0 Å². The third-order valence-corrected chi connectivity index (χ3v) is 7.50. The molecule has 1 aromatic heterocycles. The monoisotopic (exact) mass is 391 g/mol. The van der Waals surface area contributed by atoms with Crippen LogP contribution >= 0.6 is 11.8 Å². The van der Waals surface area contributed by atoms with Gasteiger partial charge in [0.2, 0.25) is 0 Å². The predicted molar refractivity (Wildman–Crippen MR) is 113 cm³/mol. The Morgan fingerprint density at radius 2 is 1.86 bits per heavy atom. The topological polar surface area (TPSA) is 60.1 Å². The zero-order valence-corrected chi connectivity index (χ0v) is 16.6. The van der Waals surface area contributed by atoms with Crippen LogP contribution in [0.15, 0.2) is 64.4 Å². The lowest BCUT2D eigenvalue weighted by atomic mass is 9.96. The summed E-state index contributed by atoms with van der Waals surface area (Å²) in [6.07, 6.45) is 5.36. The van der Waals surface area contributed by atoms with E-state index in [-0.39, 0.29) is 5.91 Å². The lowest BCUT2D eigenvalue weighted by Crippen LogP contribution is -2.36. The second-order valence-electron chi connectivity index (χ2n) is 8.05. The lowest BCUT2D eigenvalue weighted by molar-refractivity contribution is 0.0987. The molecule has 2 aromatic carbocycles. The second-order valence-corrected chi connectivity index (χ2v) is 9.13. The lowest BCUT2D eigenvalue weighted by Gasteiger charge is -2.24. The SMILES string of the molecule is NC(=O)c1c(Sc2ccccc2)c2ccccc2n1CNC1CC2CCC1C2. The molecule has 3 aromatic rings. The molecule has 2 saturated carbocycles. The van der Waals surface area contributed by atoms with Gasteiger partial charge in [-0.15, -0.1) is 0 Å². The normalized spacial score (nSPS) is 23.5. The third-order valence-electron chi connectivity index (χ3n) is 6.37. The van der Waals surface area contributed by atoms with E-state index in [2.05, 4.69) is 34.1 Å². The molecule has 0 radical (unpaired) electrons. The zero-order valence-electron chi connectivity index (χ0n) is 15.8. The van der Waals surface area contributed by atoms with Crippen LogP contribution in [0.5, 0.6) is 0 Å². The maximum atomic E-state index is 12.5. The van der Waals surface area contributed by atoms with Gasteiger partial charge in [0.1, 0.15) is 5.69 Å². The van der Waals surface area contributed by atoms with E-state index in [1.807, 2.05) is 30.3 Å². The van der Waals surface area contributed by atoms with Gasteiger partial charge in [0, 0.05) is 16.3 Å². The summed E-state index contributed by atoms with van der Waals surface area (Å²) in [6.45, 7) is 0.627. The highest BCUT2D eigenvalue weighted by Gasteiger charge is 2.39. The molecule has 5 heteroatoms. The van der Waals surface area contributed by atoms with Gasteiger partial charge in [0.05, 0.1) is 17.1 Å². The van der Waals surface area contributed by atoms with Crippen molar-refractivity contribution in [3.05, 3.63) is 60.3 Å². The summed E-state index contributed by atoms with van der Waals surface area (Å²) < 4.78 is 2.08. The minimum Gasteiger partial charge on any atom is -0.364 e. The summed E-state index contributed by atoms with van der Waals surface area (Å²) in [6, 6.07) is 18.9. The molecule has 1 heterocycles. The summed E-state index contributed by atoms with van der Waals surface area (Å²) in [5.74, 6) is 1.31. The van der Waals surface area contributed by atoms with Crippen LogP contribution in [0.1, 0.15) is 36.2 Å². The Morgan fingerprint density at radius 1 is 1.07 bits per heavy atom. The first-order chi connectivity index (χ1) is 13.7. The molecule has 2 bridgehead atoms. The molecule has 3 unspecified atom stereocenters. The summed E-state index contributed by atoms with van der Waals surface area (Å²) >= 11 is 1.61. The molecule has 3 atom stereocenters. The van der Waals surface area contributed by atoms with Gasteiger partial charge in [-0.1, -0.05) is 54.6 Å². The number of nitrogens with one attached hydrogen (secondary N) is 1. The number of carbonyl (C=O) groups is 1. The second kappa shape index (κ2) is 7.30. The van der Waals surface area contributed by atoms with E-state index in [1.165, 1.54) is 25.7 Å². The standard InChI is InChI=1S/C23H25N3OS/c24-23(27)21-22(28-17-6-2-1-3-7-17)18-8-4-5-9-20(18)26(21)14-25-19-13-15-10-11-16(19)12-15/h1-9,15-16,19,25H,10-14H2,(H2,24,27). The highest BCUT2D eigenvalue weighted by Crippen LogP contribution is 2.44. The number of primary amides is 1. The first kappa shape index (κ1) is 17.8. The van der Waals surface area contributed by atoms with E-state index in [9.17, 15) is 4.79 Å². The Hall–Kier alpha value is -2.24. The zero-order chi connectivity index (χ0) is 19.1. The van der Waals surface area contributed by atoms with Crippen molar-refractivity contribution in [2.24, 2.45) is 17.6 Å². The van der Waals surface area contributed by atoms with Crippen LogP contribution in [0.25, 0.3) is 10.9 Å². The Morgan fingerprint density at radius 3 is 2.57 bits per heavy atom. The van der Waals surface area contributed by atoms with E-state index >= 15 is 0 Å². The molecule has 0 saturated heterocycles. The highest BCUT2D eigenvalue weighted by atomic mass is 32.2. The maximum absolute atomic E-state index is 12.5. The minimum atomic E-state index is -0.371. The average molecular weight is 392 g/mol. The van der Waals surface area contributed by atoms with Crippen molar-refractivity contribution >= 4 is 28.6 Å². The number of aromatic nitrogens is 1. The maximum Gasteiger partial charge on any atom is 0.266 e. The largest absolute Gasteiger partial charge is 0.364 e. The molecule has 2 aliphatic rings. The Bertz CT molecular complexity index is 1010. The van der Waals surface area contributed by atoms with Gasteiger partial charge in [-0.05, 0) is 49.3 Å². The molecule has 0 spiro atoms. The molecule has 2 fully saturated rings. The molecular weight excluding hydrogens is 366 g/mol. The van der Waals surface area contributed by atoms with Crippen molar-refractivity contribution in [3.8, 4) is 0 Å². The Balaban J connectivity index is 1.52. The molecule has 3 N–H and O–H groups in total. The first-order valence-corrected chi connectivity index (χ1v) is 10.9. The van der Waals surface area contributed by atoms with Gasteiger partial charge in [-0.3, -0.25) is 10.1 Å². The smallest absolute Gasteiger partial charge is 0.266 e. The fourth-order valence-corrected chi connectivity index (χ4v) is 6.21. The van der Waals surface area contributed by atoms with Crippen molar-refractivity contribution < 1.29 is 4.79 Å². The number of nitrogens with zero attached hydrogens (tertiary/aromatic N) is 1. The van der Waals surface area contributed by atoms with E-state index < -0.39 is 0 Å². The molecular formula is C23H25N3OS. The molecule has 4 nitrogen and oxygen atoms in total. The number of hydrogen-bond donors (Lipinski definition) is 2. The number of amides is 1. The highest BCUT2D eigenvalue weighted by molar-refractivity contribution is 7.99. The fourth-order valence-electron chi connectivity index (χ4n) is 5.09. The van der Waals surface area contributed by atoms with Gasteiger partial charge < -0.3 is 10.3 Å².